The Morgan fingerprint density at radius 2 is 1.69 bits per heavy atom. The Hall–Kier alpha value is -4.24. The quantitative estimate of drug-likeness (QED) is 0.312. The number of anilines is 1. The number of benzene rings is 3. The molecule has 2 heterocycles. The maximum Gasteiger partial charge on any atom is 0.259 e. The van der Waals surface area contributed by atoms with Crippen LogP contribution >= 0.6 is 11.8 Å². The summed E-state index contributed by atoms with van der Waals surface area (Å²) in [6.45, 7) is 4.56. The molecule has 0 aromatic heterocycles. The van der Waals surface area contributed by atoms with E-state index in [0.717, 1.165) is 29.7 Å². The summed E-state index contributed by atoms with van der Waals surface area (Å²) in [6.07, 6.45) is 2.70. The molecule has 0 radical (unpaired) electrons. The van der Waals surface area contributed by atoms with Crippen molar-refractivity contribution < 1.29 is 14.4 Å². The third-order valence-electron chi connectivity index (χ3n) is 7.31. The molecule has 3 aromatic carbocycles. The zero-order chi connectivity index (χ0) is 29.5. The van der Waals surface area contributed by atoms with Gasteiger partial charge in [0.05, 0.1) is 10.9 Å². The third-order valence-corrected chi connectivity index (χ3v) is 8.63. The summed E-state index contributed by atoms with van der Waals surface area (Å²) in [5.41, 5.74) is 4.55. The summed E-state index contributed by atoms with van der Waals surface area (Å²) in [7, 11) is 0. The van der Waals surface area contributed by atoms with Gasteiger partial charge in [0.15, 0.2) is 5.17 Å². The lowest BCUT2D eigenvalue weighted by molar-refractivity contribution is -0.125. The normalized spacial score (nSPS) is 16.2. The second kappa shape index (κ2) is 13.6. The van der Waals surface area contributed by atoms with Crippen LogP contribution < -0.4 is 10.6 Å². The highest BCUT2D eigenvalue weighted by atomic mass is 32.2. The largest absolute Gasteiger partial charge is 0.356 e. The van der Waals surface area contributed by atoms with Crippen molar-refractivity contribution in [1.29, 1.82) is 0 Å². The molecule has 0 saturated heterocycles. The Balaban J connectivity index is 1.25. The van der Waals surface area contributed by atoms with E-state index in [1.54, 1.807) is 0 Å². The first-order valence-electron chi connectivity index (χ1n) is 14.4. The van der Waals surface area contributed by atoms with Crippen LogP contribution in [0.1, 0.15) is 49.8 Å². The van der Waals surface area contributed by atoms with Gasteiger partial charge in [-0.2, -0.15) is 0 Å². The Morgan fingerprint density at radius 3 is 2.43 bits per heavy atom. The van der Waals surface area contributed by atoms with Crippen LogP contribution in [0.2, 0.25) is 0 Å². The molecule has 5 rings (SSSR count). The monoisotopic (exact) mass is 581 g/mol. The average Bonchev–Trinajstić information content (AvgIpc) is 3.36. The number of nitrogens with zero attached hydrogens (tertiary/aromatic N) is 3. The molecule has 9 heteroatoms. The van der Waals surface area contributed by atoms with Crippen molar-refractivity contribution in [3.63, 3.8) is 0 Å². The summed E-state index contributed by atoms with van der Waals surface area (Å²) < 4.78 is 0. The van der Waals surface area contributed by atoms with Gasteiger partial charge in [-0.3, -0.25) is 19.4 Å². The lowest BCUT2D eigenvalue weighted by Gasteiger charge is -2.27. The van der Waals surface area contributed by atoms with E-state index in [-0.39, 0.29) is 24.1 Å². The number of rotatable bonds is 11. The van der Waals surface area contributed by atoms with Gasteiger partial charge >= 0.3 is 0 Å². The minimum absolute atomic E-state index is 0.109. The molecule has 2 atom stereocenters. The molecule has 3 aromatic rings. The van der Waals surface area contributed by atoms with E-state index in [2.05, 4.69) is 17.6 Å². The molecule has 2 N–H and O–H groups in total. The van der Waals surface area contributed by atoms with Gasteiger partial charge < -0.3 is 10.6 Å². The van der Waals surface area contributed by atoms with Crippen molar-refractivity contribution in [1.82, 2.24) is 10.2 Å². The van der Waals surface area contributed by atoms with Crippen LogP contribution in [-0.4, -0.2) is 51.5 Å². The number of carbonyl (C=O) groups is 3. The number of amidine groups is 2. The van der Waals surface area contributed by atoms with Crippen molar-refractivity contribution >= 4 is 51.9 Å². The van der Waals surface area contributed by atoms with Crippen LogP contribution in [0.3, 0.4) is 0 Å². The molecule has 0 saturated carbocycles. The molecule has 2 aliphatic heterocycles. The van der Waals surface area contributed by atoms with Crippen LogP contribution in [-0.2, 0) is 27.2 Å². The van der Waals surface area contributed by atoms with E-state index in [4.69, 9.17) is 9.98 Å². The second-order valence-electron chi connectivity index (χ2n) is 10.2. The van der Waals surface area contributed by atoms with Gasteiger partial charge in [0.1, 0.15) is 11.9 Å². The molecule has 3 amide bonds. The number of fused-ring (bicyclic) bond motifs is 3. The fraction of sp³-hybridized carbons (Fsp3) is 0.303. The SMILES string of the molecule is CCc1ccc(NC(=O)[C@@H](CC)SC2=Nc3ccccc3C3=N[C@H](CCC(=O)NCCc4ccccc4)C(=O)N23)cc1. The van der Waals surface area contributed by atoms with E-state index in [1.165, 1.54) is 22.2 Å². The highest BCUT2D eigenvalue weighted by molar-refractivity contribution is 8.15. The Kier molecular flexibility index (Phi) is 9.48. The minimum atomic E-state index is -0.692. The third kappa shape index (κ3) is 6.79. The summed E-state index contributed by atoms with van der Waals surface area (Å²) in [4.78, 5) is 50.5. The predicted molar refractivity (Wildman–Crippen MR) is 169 cm³/mol. The molecule has 0 bridgehead atoms. The summed E-state index contributed by atoms with van der Waals surface area (Å²) in [6, 6.07) is 24.6. The van der Waals surface area contributed by atoms with Gasteiger partial charge in [-0.15, -0.1) is 0 Å². The van der Waals surface area contributed by atoms with Crippen molar-refractivity contribution in [2.45, 2.75) is 57.2 Å². The molecule has 2 aliphatic rings. The van der Waals surface area contributed by atoms with E-state index < -0.39 is 11.3 Å². The molecular formula is C33H35N5O3S. The zero-order valence-corrected chi connectivity index (χ0v) is 24.7. The molecule has 42 heavy (non-hydrogen) atoms. The lowest BCUT2D eigenvalue weighted by Crippen LogP contribution is -2.42. The molecule has 8 nitrogen and oxygen atoms in total. The standard InChI is InChI=1S/C33H35N5O3S/c1-3-22-14-16-24(17-15-22)35-31(40)28(4-2)42-33-37-26-13-9-8-12-25(26)30-36-27(32(41)38(30)33)18-19-29(39)34-21-20-23-10-6-5-7-11-23/h5-17,27-28H,3-4,18-21H2,1-2H3,(H,34,39)(H,35,40)/t27-,28-/m1/s1. The maximum absolute atomic E-state index is 13.6. The topological polar surface area (TPSA) is 103 Å². The van der Waals surface area contributed by atoms with Crippen LogP contribution in [0.5, 0.6) is 0 Å². The molecule has 0 aliphatic carbocycles. The smallest absolute Gasteiger partial charge is 0.259 e. The average molecular weight is 582 g/mol. The van der Waals surface area contributed by atoms with Crippen molar-refractivity contribution in [3.8, 4) is 0 Å². The zero-order valence-electron chi connectivity index (χ0n) is 23.9. The van der Waals surface area contributed by atoms with E-state index in [1.807, 2.05) is 85.8 Å². The summed E-state index contributed by atoms with van der Waals surface area (Å²) in [5, 5.41) is 5.90. The number of aliphatic imine (C=N–C) groups is 2. The van der Waals surface area contributed by atoms with Crippen molar-refractivity contribution in [2.75, 3.05) is 11.9 Å². The van der Waals surface area contributed by atoms with Crippen LogP contribution in [0.25, 0.3) is 0 Å². The van der Waals surface area contributed by atoms with Gasteiger partial charge in [-0.1, -0.05) is 80.2 Å². The lowest BCUT2D eigenvalue weighted by atomic mass is 10.1. The van der Waals surface area contributed by atoms with Crippen molar-refractivity contribution in [3.05, 3.63) is 95.6 Å². The van der Waals surface area contributed by atoms with Crippen LogP contribution in [0, 0.1) is 0 Å². The Bertz CT molecular complexity index is 1500. The Labute approximate surface area is 250 Å². The van der Waals surface area contributed by atoms with Crippen molar-refractivity contribution in [2.24, 2.45) is 9.98 Å². The van der Waals surface area contributed by atoms with Gasteiger partial charge in [0, 0.05) is 24.2 Å². The van der Waals surface area contributed by atoms with Gasteiger partial charge in [-0.05, 0) is 61.1 Å². The number of para-hydroxylation sites is 1. The van der Waals surface area contributed by atoms with E-state index in [0.29, 0.717) is 36.1 Å². The first kappa shape index (κ1) is 29.3. The number of hydrogen-bond donors (Lipinski definition) is 2. The maximum atomic E-state index is 13.6. The number of amides is 3. The molecule has 216 valence electrons. The number of thioether (sulfide) groups is 1. The molecular weight excluding hydrogens is 546 g/mol. The molecule has 0 unspecified atom stereocenters. The number of hydrogen-bond acceptors (Lipinski definition) is 6. The summed E-state index contributed by atoms with van der Waals surface area (Å²) in [5.74, 6) is 0.0329. The highest BCUT2D eigenvalue weighted by Crippen LogP contribution is 2.36. The highest BCUT2D eigenvalue weighted by Gasteiger charge is 2.42. The number of nitrogens with one attached hydrogen (secondary N) is 2. The second-order valence-corrected chi connectivity index (χ2v) is 11.4. The van der Waals surface area contributed by atoms with Crippen LogP contribution in [0.15, 0.2) is 88.8 Å². The fourth-order valence-corrected chi connectivity index (χ4v) is 5.93. The van der Waals surface area contributed by atoms with E-state index >= 15 is 0 Å². The van der Waals surface area contributed by atoms with E-state index in [9.17, 15) is 14.4 Å². The first-order chi connectivity index (χ1) is 20.5. The van der Waals surface area contributed by atoms with Gasteiger partial charge in [0.25, 0.3) is 5.91 Å². The predicted octanol–water partition coefficient (Wildman–Crippen LogP) is 5.50. The number of carbonyl (C=O) groups excluding carboxylic acids is 3. The first-order valence-corrected chi connectivity index (χ1v) is 15.3. The number of aryl methyl sites for hydroxylation is 1. The molecule has 0 spiro atoms. The summed E-state index contributed by atoms with van der Waals surface area (Å²) >= 11 is 1.26. The van der Waals surface area contributed by atoms with Crippen LogP contribution in [0.4, 0.5) is 11.4 Å². The molecule has 0 fully saturated rings. The van der Waals surface area contributed by atoms with Gasteiger partial charge in [0.2, 0.25) is 11.8 Å². The Morgan fingerprint density at radius 1 is 0.952 bits per heavy atom. The fourth-order valence-electron chi connectivity index (χ4n) is 4.91. The van der Waals surface area contributed by atoms with Gasteiger partial charge in [-0.25, -0.2) is 9.89 Å². The minimum Gasteiger partial charge on any atom is -0.356 e.